The number of halogens is 1. The minimum Gasteiger partial charge on any atom is -0.495 e. The third kappa shape index (κ3) is 7.17. The van der Waals surface area contributed by atoms with E-state index in [0.717, 1.165) is 10.5 Å². The van der Waals surface area contributed by atoms with E-state index in [1.54, 1.807) is 30.3 Å². The molecule has 33 heavy (non-hydrogen) atoms. The Hall–Kier alpha value is -3.16. The summed E-state index contributed by atoms with van der Waals surface area (Å²) in [6.07, 6.45) is 0. The first-order valence-electron chi connectivity index (χ1n) is 10.2. The van der Waals surface area contributed by atoms with Crippen LogP contribution in [0.25, 0.3) is 0 Å². The van der Waals surface area contributed by atoms with Crippen LogP contribution in [0.15, 0.2) is 71.6 Å². The summed E-state index contributed by atoms with van der Waals surface area (Å²) in [6, 6.07) is 19.9. The molecule has 0 radical (unpaired) electrons. The number of hydrogen-bond donors (Lipinski definition) is 2. The number of carbonyl (C=O) groups excluding carboxylic acids is 2. The molecule has 0 bridgehead atoms. The van der Waals surface area contributed by atoms with E-state index in [0.29, 0.717) is 27.9 Å². The molecule has 0 heterocycles. The van der Waals surface area contributed by atoms with Crippen LogP contribution in [0.4, 0.5) is 11.4 Å². The van der Waals surface area contributed by atoms with Gasteiger partial charge in [-0.1, -0.05) is 35.9 Å². The first-order valence-corrected chi connectivity index (χ1v) is 11.5. The lowest BCUT2D eigenvalue weighted by Crippen LogP contribution is -2.23. The van der Waals surface area contributed by atoms with Crippen LogP contribution in [-0.4, -0.2) is 30.8 Å². The summed E-state index contributed by atoms with van der Waals surface area (Å²) >= 11 is 7.52. The Bertz CT molecular complexity index is 1120. The molecule has 1 atom stereocenters. The fourth-order valence-electron chi connectivity index (χ4n) is 2.93. The van der Waals surface area contributed by atoms with Crippen LogP contribution in [-0.2, 0) is 9.59 Å². The molecule has 2 N–H and O–H groups in total. The van der Waals surface area contributed by atoms with Gasteiger partial charge in [0.25, 0.3) is 5.91 Å². The van der Waals surface area contributed by atoms with Crippen molar-refractivity contribution in [3.05, 3.63) is 77.3 Å². The van der Waals surface area contributed by atoms with Crippen LogP contribution >= 0.6 is 23.4 Å². The minimum atomic E-state index is -0.391. The van der Waals surface area contributed by atoms with Crippen LogP contribution in [0.1, 0.15) is 12.5 Å². The highest BCUT2D eigenvalue weighted by Gasteiger charge is 2.18. The Morgan fingerprint density at radius 2 is 1.79 bits per heavy atom. The van der Waals surface area contributed by atoms with Gasteiger partial charge in [-0.25, -0.2) is 0 Å². The molecular weight excluding hydrogens is 460 g/mol. The van der Waals surface area contributed by atoms with Gasteiger partial charge in [0.05, 0.1) is 18.0 Å². The molecule has 0 saturated heterocycles. The second kappa shape index (κ2) is 11.6. The summed E-state index contributed by atoms with van der Waals surface area (Å²) in [7, 11) is 1.53. The summed E-state index contributed by atoms with van der Waals surface area (Å²) in [5, 5.41) is 5.89. The van der Waals surface area contributed by atoms with Gasteiger partial charge >= 0.3 is 0 Å². The molecule has 3 aromatic carbocycles. The maximum atomic E-state index is 12.8. The molecule has 0 aliphatic heterocycles. The average molecular weight is 485 g/mol. The summed E-state index contributed by atoms with van der Waals surface area (Å²) in [5.41, 5.74) is 2.04. The van der Waals surface area contributed by atoms with Gasteiger partial charge in [0.1, 0.15) is 11.5 Å². The number of para-hydroxylation sites is 1. The second-order valence-corrected chi connectivity index (χ2v) is 9.05. The Kier molecular flexibility index (Phi) is 8.63. The van der Waals surface area contributed by atoms with Gasteiger partial charge < -0.3 is 20.1 Å². The standard InChI is InChI=1S/C25H25ClN2O4S/c1-16-12-22(23(31-3)14-21(16)26)28-25(30)17(2)33-20-11-7-8-18(13-20)27-24(29)15-32-19-9-5-4-6-10-19/h4-14,17H,15H2,1-3H3,(H,27,29)(H,28,30). The van der Waals surface area contributed by atoms with Crippen LogP contribution in [0, 0.1) is 6.92 Å². The molecule has 0 aliphatic carbocycles. The number of anilines is 2. The highest BCUT2D eigenvalue weighted by Crippen LogP contribution is 2.32. The molecule has 1 unspecified atom stereocenters. The fraction of sp³-hybridized carbons (Fsp3) is 0.200. The molecule has 3 rings (SSSR count). The van der Waals surface area contributed by atoms with Gasteiger partial charge in [0.15, 0.2) is 6.61 Å². The third-order valence-electron chi connectivity index (χ3n) is 4.65. The number of carbonyl (C=O) groups is 2. The molecule has 0 aliphatic rings. The van der Waals surface area contributed by atoms with Crippen molar-refractivity contribution in [1.29, 1.82) is 0 Å². The van der Waals surface area contributed by atoms with Crippen LogP contribution < -0.4 is 20.1 Å². The van der Waals surface area contributed by atoms with E-state index >= 15 is 0 Å². The first-order chi connectivity index (χ1) is 15.9. The normalized spacial score (nSPS) is 11.4. The summed E-state index contributed by atoms with van der Waals surface area (Å²) < 4.78 is 10.8. The quantitative estimate of drug-likeness (QED) is 0.376. The van der Waals surface area contributed by atoms with Crippen molar-refractivity contribution in [3.8, 4) is 11.5 Å². The van der Waals surface area contributed by atoms with Gasteiger partial charge in [0, 0.05) is 21.7 Å². The number of benzene rings is 3. The molecule has 0 fully saturated rings. The maximum absolute atomic E-state index is 12.8. The zero-order chi connectivity index (χ0) is 23.8. The maximum Gasteiger partial charge on any atom is 0.262 e. The van der Waals surface area contributed by atoms with E-state index < -0.39 is 5.25 Å². The summed E-state index contributed by atoms with van der Waals surface area (Å²) in [6.45, 7) is 3.58. The number of amides is 2. The van der Waals surface area contributed by atoms with Gasteiger partial charge in [-0.05, 0) is 55.8 Å². The van der Waals surface area contributed by atoms with E-state index in [4.69, 9.17) is 21.1 Å². The average Bonchev–Trinajstić information content (AvgIpc) is 2.80. The SMILES string of the molecule is COc1cc(Cl)c(C)cc1NC(=O)C(C)Sc1cccc(NC(=O)COc2ccccc2)c1. The van der Waals surface area contributed by atoms with E-state index in [-0.39, 0.29) is 18.4 Å². The van der Waals surface area contributed by atoms with Crippen LogP contribution in [0.2, 0.25) is 5.02 Å². The largest absolute Gasteiger partial charge is 0.495 e. The lowest BCUT2D eigenvalue weighted by molar-refractivity contribution is -0.118. The van der Waals surface area contributed by atoms with Crippen molar-refractivity contribution in [2.75, 3.05) is 24.4 Å². The lowest BCUT2D eigenvalue weighted by Gasteiger charge is -2.16. The van der Waals surface area contributed by atoms with Gasteiger partial charge in [-0.15, -0.1) is 11.8 Å². The van der Waals surface area contributed by atoms with Gasteiger partial charge in [-0.2, -0.15) is 0 Å². The van der Waals surface area contributed by atoms with Crippen molar-refractivity contribution in [1.82, 2.24) is 0 Å². The predicted molar refractivity (Wildman–Crippen MR) is 134 cm³/mol. The second-order valence-electron chi connectivity index (χ2n) is 7.23. The first kappa shape index (κ1) is 24.5. The van der Waals surface area contributed by atoms with E-state index in [1.807, 2.05) is 50.2 Å². The van der Waals surface area contributed by atoms with Crippen molar-refractivity contribution in [3.63, 3.8) is 0 Å². The number of thioether (sulfide) groups is 1. The van der Waals surface area contributed by atoms with E-state index in [9.17, 15) is 9.59 Å². The molecule has 8 heteroatoms. The van der Waals surface area contributed by atoms with Crippen LogP contribution in [0.5, 0.6) is 11.5 Å². The Morgan fingerprint density at radius 3 is 2.52 bits per heavy atom. The monoisotopic (exact) mass is 484 g/mol. The highest BCUT2D eigenvalue weighted by atomic mass is 35.5. The lowest BCUT2D eigenvalue weighted by atomic mass is 10.2. The minimum absolute atomic E-state index is 0.0947. The predicted octanol–water partition coefficient (Wildman–Crippen LogP) is 5.79. The fourth-order valence-corrected chi connectivity index (χ4v) is 4.01. The molecule has 0 saturated carbocycles. The molecule has 3 aromatic rings. The highest BCUT2D eigenvalue weighted by molar-refractivity contribution is 8.00. The van der Waals surface area contributed by atoms with E-state index in [2.05, 4.69) is 10.6 Å². The van der Waals surface area contributed by atoms with Gasteiger partial charge in [-0.3, -0.25) is 9.59 Å². The zero-order valence-corrected chi connectivity index (χ0v) is 20.1. The van der Waals surface area contributed by atoms with Crippen molar-refractivity contribution in [2.24, 2.45) is 0 Å². The smallest absolute Gasteiger partial charge is 0.262 e. The number of hydrogen-bond acceptors (Lipinski definition) is 5. The molecule has 172 valence electrons. The van der Waals surface area contributed by atoms with Crippen LogP contribution in [0.3, 0.4) is 0 Å². The Balaban J connectivity index is 1.57. The van der Waals surface area contributed by atoms with Crippen molar-refractivity contribution >= 4 is 46.6 Å². The van der Waals surface area contributed by atoms with Crippen molar-refractivity contribution in [2.45, 2.75) is 24.0 Å². The zero-order valence-electron chi connectivity index (χ0n) is 18.6. The molecule has 2 amide bonds. The molecular formula is C25H25ClN2O4S. The molecule has 0 aromatic heterocycles. The Morgan fingerprint density at radius 1 is 1.03 bits per heavy atom. The summed E-state index contributed by atoms with van der Waals surface area (Å²) in [4.78, 5) is 25.8. The summed E-state index contributed by atoms with van der Waals surface area (Å²) in [5.74, 6) is 0.686. The van der Waals surface area contributed by atoms with E-state index in [1.165, 1.54) is 18.9 Å². The number of aryl methyl sites for hydroxylation is 1. The third-order valence-corrected chi connectivity index (χ3v) is 6.15. The van der Waals surface area contributed by atoms with Crippen molar-refractivity contribution < 1.29 is 19.1 Å². The molecule has 0 spiro atoms. The Labute approximate surface area is 202 Å². The topological polar surface area (TPSA) is 76.7 Å². The number of ether oxygens (including phenoxy) is 2. The molecule has 6 nitrogen and oxygen atoms in total. The number of rotatable bonds is 9. The number of nitrogens with one attached hydrogen (secondary N) is 2. The number of methoxy groups -OCH3 is 1. The van der Waals surface area contributed by atoms with Gasteiger partial charge in [0.2, 0.25) is 5.91 Å².